The fraction of sp³-hybridized carbons (Fsp3) is 0.167. The molecule has 3 aromatic rings. The molecule has 1 fully saturated rings. The van der Waals surface area contributed by atoms with Crippen molar-refractivity contribution < 1.29 is 4.79 Å². The summed E-state index contributed by atoms with van der Waals surface area (Å²) >= 11 is 4.80. The van der Waals surface area contributed by atoms with E-state index in [1.54, 1.807) is 0 Å². The van der Waals surface area contributed by atoms with Crippen LogP contribution in [0.25, 0.3) is 10.6 Å². The van der Waals surface area contributed by atoms with Gasteiger partial charge in [-0.25, -0.2) is 10.9 Å². The molecule has 3 N–H and O–H groups in total. The lowest BCUT2D eigenvalue weighted by atomic mass is 10.0. The van der Waals surface area contributed by atoms with Crippen LogP contribution in [0.3, 0.4) is 0 Å². The molecule has 4 rings (SSSR count). The molecule has 132 valence electrons. The zero-order valence-corrected chi connectivity index (χ0v) is 16.0. The lowest BCUT2D eigenvalue weighted by Gasteiger charge is -2.09. The summed E-state index contributed by atoms with van der Waals surface area (Å²) in [5.74, 6) is -0.118. The monoisotopic (exact) mass is 429 g/mol. The van der Waals surface area contributed by atoms with E-state index in [0.717, 1.165) is 20.6 Å². The van der Waals surface area contributed by atoms with Gasteiger partial charge in [-0.05, 0) is 24.1 Å². The summed E-state index contributed by atoms with van der Waals surface area (Å²) in [7, 11) is 0. The highest BCUT2D eigenvalue weighted by molar-refractivity contribution is 9.10. The third kappa shape index (κ3) is 3.83. The van der Waals surface area contributed by atoms with Crippen LogP contribution in [-0.4, -0.2) is 22.1 Å². The first-order chi connectivity index (χ1) is 12.7. The fourth-order valence-electron chi connectivity index (χ4n) is 2.81. The Kier molecular flexibility index (Phi) is 5.07. The summed E-state index contributed by atoms with van der Waals surface area (Å²) in [6, 6.07) is 17.6. The van der Waals surface area contributed by atoms with Crippen molar-refractivity contribution in [2.45, 2.75) is 18.5 Å². The number of anilines is 1. The maximum absolute atomic E-state index is 12.5. The van der Waals surface area contributed by atoms with E-state index in [9.17, 15) is 4.79 Å². The first-order valence-electron chi connectivity index (χ1n) is 8.15. The summed E-state index contributed by atoms with van der Waals surface area (Å²) in [4.78, 5) is 12.5. The minimum atomic E-state index is -0.326. The number of hydrazine groups is 1. The number of benzene rings is 2. The molecule has 2 aromatic carbocycles. The lowest BCUT2D eigenvalue weighted by Crippen LogP contribution is -2.39. The Labute approximate surface area is 163 Å². The van der Waals surface area contributed by atoms with Crippen molar-refractivity contribution in [2.24, 2.45) is 0 Å². The second-order valence-electron chi connectivity index (χ2n) is 5.95. The Morgan fingerprint density at radius 2 is 1.85 bits per heavy atom. The summed E-state index contributed by atoms with van der Waals surface area (Å²) in [5, 5.41) is 12.4. The zero-order valence-electron chi connectivity index (χ0n) is 13.6. The number of amides is 1. The van der Waals surface area contributed by atoms with Crippen LogP contribution in [-0.2, 0) is 4.79 Å². The molecule has 2 unspecified atom stereocenters. The highest BCUT2D eigenvalue weighted by Crippen LogP contribution is 2.27. The molecule has 1 aliphatic heterocycles. The predicted molar refractivity (Wildman–Crippen MR) is 106 cm³/mol. The maximum Gasteiger partial charge on any atom is 0.244 e. The van der Waals surface area contributed by atoms with Gasteiger partial charge in [0.1, 0.15) is 11.0 Å². The molecule has 6 nitrogen and oxygen atoms in total. The van der Waals surface area contributed by atoms with Crippen LogP contribution in [0.2, 0.25) is 0 Å². The molecule has 0 spiro atoms. The summed E-state index contributed by atoms with van der Waals surface area (Å²) < 4.78 is 1.03. The molecule has 2 heterocycles. The third-order valence-corrected chi connectivity index (χ3v) is 5.58. The molecule has 0 aliphatic carbocycles. The molecular formula is C18H16BrN5OS. The third-order valence-electron chi connectivity index (χ3n) is 4.17. The van der Waals surface area contributed by atoms with E-state index in [2.05, 4.69) is 42.3 Å². The van der Waals surface area contributed by atoms with Crippen molar-refractivity contribution >= 4 is 38.3 Å². The molecule has 2 atom stereocenters. The predicted octanol–water partition coefficient (Wildman–Crippen LogP) is 3.51. The number of carbonyl (C=O) groups excluding carboxylic acids is 1. The van der Waals surface area contributed by atoms with Crippen LogP contribution >= 0.6 is 27.3 Å². The Bertz CT molecular complexity index is 899. The molecule has 0 radical (unpaired) electrons. The van der Waals surface area contributed by atoms with E-state index < -0.39 is 0 Å². The molecule has 1 amide bonds. The first-order valence-corrected chi connectivity index (χ1v) is 9.76. The van der Waals surface area contributed by atoms with Gasteiger partial charge < -0.3 is 0 Å². The van der Waals surface area contributed by atoms with E-state index in [0.29, 0.717) is 11.6 Å². The van der Waals surface area contributed by atoms with Gasteiger partial charge in [-0.2, -0.15) is 0 Å². The van der Waals surface area contributed by atoms with E-state index in [-0.39, 0.29) is 18.0 Å². The van der Waals surface area contributed by atoms with E-state index in [4.69, 9.17) is 0 Å². The Morgan fingerprint density at radius 3 is 2.62 bits per heavy atom. The average Bonchev–Trinajstić information content (AvgIpc) is 3.33. The minimum Gasteiger partial charge on any atom is -0.299 e. The molecule has 1 saturated heterocycles. The Hall–Kier alpha value is -2.13. The van der Waals surface area contributed by atoms with Crippen molar-refractivity contribution in [1.29, 1.82) is 0 Å². The SMILES string of the molecule is O=C(Nc1nnc(-c2ccccc2)s1)C1CC(c2ccc(Br)cc2)NN1. The standard InChI is InChI=1S/C18H16BrN5OS/c19-13-8-6-11(7-9-13)14-10-15(22-21-14)16(25)20-18-24-23-17(26-18)12-4-2-1-3-5-12/h1-9,14-15,21-22H,10H2,(H,20,24,25). The number of halogens is 1. The smallest absolute Gasteiger partial charge is 0.244 e. The number of aromatic nitrogens is 2. The van der Waals surface area contributed by atoms with Gasteiger partial charge in [0.25, 0.3) is 0 Å². The van der Waals surface area contributed by atoms with Gasteiger partial charge in [0.2, 0.25) is 11.0 Å². The second-order valence-corrected chi connectivity index (χ2v) is 7.84. The van der Waals surface area contributed by atoms with Gasteiger partial charge in [0.15, 0.2) is 0 Å². The molecule has 8 heteroatoms. The lowest BCUT2D eigenvalue weighted by molar-refractivity contribution is -0.117. The molecule has 26 heavy (non-hydrogen) atoms. The van der Waals surface area contributed by atoms with Crippen molar-refractivity contribution in [2.75, 3.05) is 5.32 Å². The van der Waals surface area contributed by atoms with Gasteiger partial charge in [-0.3, -0.25) is 10.1 Å². The van der Waals surface area contributed by atoms with Gasteiger partial charge in [-0.15, -0.1) is 10.2 Å². The zero-order chi connectivity index (χ0) is 17.9. The second kappa shape index (κ2) is 7.63. The minimum absolute atomic E-state index is 0.0909. The van der Waals surface area contributed by atoms with Gasteiger partial charge >= 0.3 is 0 Å². The first kappa shape index (κ1) is 17.3. The van der Waals surface area contributed by atoms with E-state index in [1.807, 2.05) is 54.6 Å². The van der Waals surface area contributed by atoms with E-state index >= 15 is 0 Å². The number of nitrogens with one attached hydrogen (secondary N) is 3. The van der Waals surface area contributed by atoms with Crippen LogP contribution in [0.1, 0.15) is 18.0 Å². The molecular weight excluding hydrogens is 414 g/mol. The number of hydrogen-bond acceptors (Lipinski definition) is 6. The van der Waals surface area contributed by atoms with E-state index in [1.165, 1.54) is 11.3 Å². The van der Waals surface area contributed by atoms with Crippen LogP contribution in [0, 0.1) is 0 Å². The van der Waals surface area contributed by atoms with Crippen molar-refractivity contribution in [1.82, 2.24) is 21.0 Å². The van der Waals surface area contributed by atoms with Crippen molar-refractivity contribution in [3.05, 3.63) is 64.6 Å². The average molecular weight is 430 g/mol. The summed E-state index contributed by atoms with van der Waals surface area (Å²) in [6.45, 7) is 0. The Morgan fingerprint density at radius 1 is 1.08 bits per heavy atom. The number of hydrogen-bond donors (Lipinski definition) is 3. The quantitative estimate of drug-likeness (QED) is 0.591. The van der Waals surface area contributed by atoms with Crippen LogP contribution in [0.5, 0.6) is 0 Å². The molecule has 1 aliphatic rings. The number of carbonyl (C=O) groups is 1. The normalized spacial score (nSPS) is 19.4. The largest absolute Gasteiger partial charge is 0.299 e. The van der Waals surface area contributed by atoms with Crippen LogP contribution in [0.4, 0.5) is 5.13 Å². The highest BCUT2D eigenvalue weighted by atomic mass is 79.9. The molecule has 0 bridgehead atoms. The fourth-order valence-corrected chi connectivity index (χ4v) is 3.82. The van der Waals surface area contributed by atoms with Gasteiger partial charge in [-0.1, -0.05) is 69.7 Å². The molecule has 0 saturated carbocycles. The van der Waals surface area contributed by atoms with Gasteiger partial charge in [0, 0.05) is 16.1 Å². The topological polar surface area (TPSA) is 78.9 Å². The van der Waals surface area contributed by atoms with Crippen molar-refractivity contribution in [3.63, 3.8) is 0 Å². The Balaban J connectivity index is 1.38. The highest BCUT2D eigenvalue weighted by Gasteiger charge is 2.30. The summed E-state index contributed by atoms with van der Waals surface area (Å²) in [6.07, 6.45) is 0.664. The van der Waals surface area contributed by atoms with Crippen molar-refractivity contribution in [3.8, 4) is 10.6 Å². The van der Waals surface area contributed by atoms with Gasteiger partial charge in [0.05, 0.1) is 0 Å². The maximum atomic E-state index is 12.5. The summed E-state index contributed by atoms with van der Waals surface area (Å²) in [5.41, 5.74) is 8.37. The number of rotatable bonds is 4. The molecule has 1 aromatic heterocycles. The number of nitrogens with zero attached hydrogens (tertiary/aromatic N) is 2. The van der Waals surface area contributed by atoms with Crippen LogP contribution < -0.4 is 16.2 Å². The van der Waals surface area contributed by atoms with Crippen LogP contribution in [0.15, 0.2) is 59.1 Å².